The fourth-order valence-electron chi connectivity index (χ4n) is 9.97. The molecule has 0 aliphatic heterocycles. The van der Waals surface area contributed by atoms with Crippen molar-refractivity contribution in [2.75, 3.05) is 0 Å². The number of benzene rings is 9. The van der Waals surface area contributed by atoms with Crippen molar-refractivity contribution in [3.05, 3.63) is 230 Å². The highest BCUT2D eigenvalue weighted by Gasteiger charge is 2.37. The lowest BCUT2D eigenvalue weighted by molar-refractivity contribution is 0.662. The molecule has 0 atom stereocenters. The van der Waals surface area contributed by atoms with Gasteiger partial charge in [0.25, 0.3) is 0 Å². The van der Waals surface area contributed by atoms with Gasteiger partial charge in [0, 0.05) is 38.6 Å². The minimum atomic E-state index is -0.133. The van der Waals surface area contributed by atoms with E-state index in [9.17, 15) is 0 Å². The Morgan fingerprint density at radius 3 is 1.41 bits per heavy atom. The fourth-order valence-corrected chi connectivity index (χ4v) is 9.97. The maximum absolute atomic E-state index is 5.16. The van der Waals surface area contributed by atoms with E-state index in [-0.39, 0.29) is 5.41 Å². The van der Waals surface area contributed by atoms with Gasteiger partial charge in [-0.1, -0.05) is 178 Å². The van der Waals surface area contributed by atoms with Crippen molar-refractivity contribution < 1.29 is 0 Å². The molecule has 2 aromatic heterocycles. The number of hydrogen-bond acceptors (Lipinski definition) is 3. The van der Waals surface area contributed by atoms with Crippen LogP contribution in [0, 0.1) is 0 Å². The fraction of sp³-hybridized carbons (Fsp3) is 0.0500. The van der Waals surface area contributed by atoms with Crippen molar-refractivity contribution >= 4 is 21.8 Å². The first-order chi connectivity index (χ1) is 31.5. The van der Waals surface area contributed by atoms with Crippen LogP contribution < -0.4 is 0 Å². The van der Waals surface area contributed by atoms with Crippen LogP contribution in [0.4, 0.5) is 0 Å². The Morgan fingerprint density at radius 2 is 0.781 bits per heavy atom. The molecule has 0 unspecified atom stereocenters. The smallest absolute Gasteiger partial charge is 0.164 e. The molecule has 0 saturated heterocycles. The molecule has 0 saturated carbocycles. The van der Waals surface area contributed by atoms with E-state index in [0.717, 1.165) is 50.1 Å². The summed E-state index contributed by atoms with van der Waals surface area (Å²) in [4.78, 5) is 15.3. The lowest BCUT2D eigenvalue weighted by Crippen LogP contribution is -2.16. The molecule has 64 heavy (non-hydrogen) atoms. The molecule has 1 aliphatic rings. The first-order valence-corrected chi connectivity index (χ1v) is 21.9. The Morgan fingerprint density at radius 1 is 0.328 bits per heavy atom. The summed E-state index contributed by atoms with van der Waals surface area (Å²) in [5.74, 6) is 1.90. The number of aromatic nitrogens is 4. The van der Waals surface area contributed by atoms with Gasteiger partial charge in [0.05, 0.1) is 11.0 Å². The Bertz CT molecular complexity index is 3500. The Kier molecular flexibility index (Phi) is 8.80. The summed E-state index contributed by atoms with van der Waals surface area (Å²) in [7, 11) is 0. The van der Waals surface area contributed by atoms with Crippen LogP contribution in [0.2, 0.25) is 0 Å². The highest BCUT2D eigenvalue weighted by Crippen LogP contribution is 2.52. The third-order valence-electron chi connectivity index (χ3n) is 13.0. The van der Waals surface area contributed by atoms with Crippen LogP contribution in [-0.2, 0) is 5.41 Å². The third-order valence-corrected chi connectivity index (χ3v) is 13.0. The van der Waals surface area contributed by atoms with Crippen LogP contribution in [0.3, 0.4) is 0 Å². The molecule has 0 fully saturated rings. The van der Waals surface area contributed by atoms with E-state index >= 15 is 0 Å². The quantitative estimate of drug-likeness (QED) is 0.161. The van der Waals surface area contributed by atoms with Crippen molar-refractivity contribution in [3.63, 3.8) is 0 Å². The Hall–Kier alpha value is -8.21. The molecule has 4 nitrogen and oxygen atoms in total. The minimum absolute atomic E-state index is 0.133. The monoisotopic (exact) mass is 818 g/mol. The van der Waals surface area contributed by atoms with Crippen LogP contribution >= 0.6 is 0 Å². The van der Waals surface area contributed by atoms with Crippen LogP contribution in [0.25, 0.3) is 106 Å². The van der Waals surface area contributed by atoms with E-state index in [4.69, 9.17) is 15.0 Å². The average molecular weight is 819 g/mol. The molecule has 0 amide bonds. The Balaban J connectivity index is 1.07. The molecule has 2 heterocycles. The standard InChI is InChI=1S/C60H42N4/c1-60(2)53-29-16-15-26-49(53)50-28-17-27-48(56(50)60)43-31-33-55-52(38-43)51-37-42(30-32-54(51)64(55)47-24-13-6-14-25-47)45-34-44(39-18-7-3-8-19-39)35-46(36-45)59-62-57(40-20-9-4-10-21-40)61-58(63-59)41-22-11-5-12-23-41/h3-38H,1-2H3. The summed E-state index contributed by atoms with van der Waals surface area (Å²) in [5.41, 5.74) is 18.5. The van der Waals surface area contributed by atoms with E-state index in [1.165, 1.54) is 49.7 Å². The van der Waals surface area contributed by atoms with Crippen molar-refractivity contribution in [2.45, 2.75) is 19.3 Å². The second-order valence-electron chi connectivity index (χ2n) is 17.2. The molecule has 0 bridgehead atoms. The lowest BCUT2D eigenvalue weighted by atomic mass is 9.79. The van der Waals surface area contributed by atoms with Gasteiger partial charge < -0.3 is 4.57 Å². The molecule has 0 N–H and O–H groups in total. The molecule has 12 rings (SSSR count). The van der Waals surface area contributed by atoms with E-state index in [1.807, 2.05) is 36.4 Å². The van der Waals surface area contributed by atoms with E-state index in [2.05, 4.69) is 200 Å². The first kappa shape index (κ1) is 37.5. The summed E-state index contributed by atoms with van der Waals surface area (Å²) >= 11 is 0. The topological polar surface area (TPSA) is 43.6 Å². The highest BCUT2D eigenvalue weighted by atomic mass is 15.0. The summed E-state index contributed by atoms with van der Waals surface area (Å²) < 4.78 is 2.40. The highest BCUT2D eigenvalue weighted by molar-refractivity contribution is 6.12. The van der Waals surface area contributed by atoms with Crippen molar-refractivity contribution in [3.8, 4) is 84.4 Å². The normalized spacial score (nSPS) is 12.7. The van der Waals surface area contributed by atoms with Gasteiger partial charge in [0.1, 0.15) is 0 Å². The van der Waals surface area contributed by atoms with Crippen LogP contribution in [0.1, 0.15) is 25.0 Å². The third kappa shape index (κ3) is 6.26. The summed E-state index contributed by atoms with van der Waals surface area (Å²) in [5, 5.41) is 2.40. The zero-order chi connectivity index (χ0) is 42.8. The van der Waals surface area contributed by atoms with Gasteiger partial charge in [-0.2, -0.15) is 0 Å². The van der Waals surface area contributed by atoms with Crippen molar-refractivity contribution in [2.24, 2.45) is 0 Å². The molecular formula is C60H42N4. The molecule has 0 spiro atoms. The van der Waals surface area contributed by atoms with Gasteiger partial charge in [-0.25, -0.2) is 15.0 Å². The van der Waals surface area contributed by atoms with Gasteiger partial charge in [-0.05, 0) is 110 Å². The molecule has 302 valence electrons. The summed E-state index contributed by atoms with van der Waals surface area (Å²) in [6, 6.07) is 78.0. The zero-order valence-electron chi connectivity index (χ0n) is 35.6. The molecular weight excluding hydrogens is 777 g/mol. The second-order valence-corrected chi connectivity index (χ2v) is 17.2. The minimum Gasteiger partial charge on any atom is -0.309 e. The average Bonchev–Trinajstić information content (AvgIpc) is 3.82. The number of fused-ring (bicyclic) bond motifs is 6. The summed E-state index contributed by atoms with van der Waals surface area (Å²) in [6.07, 6.45) is 0. The van der Waals surface area contributed by atoms with E-state index in [0.29, 0.717) is 17.5 Å². The van der Waals surface area contributed by atoms with E-state index in [1.54, 1.807) is 0 Å². The lowest BCUT2D eigenvalue weighted by Gasteiger charge is -2.24. The van der Waals surface area contributed by atoms with E-state index < -0.39 is 0 Å². The number of hydrogen-bond donors (Lipinski definition) is 0. The maximum atomic E-state index is 5.16. The predicted octanol–water partition coefficient (Wildman–Crippen LogP) is 15.3. The maximum Gasteiger partial charge on any atom is 0.164 e. The molecule has 9 aromatic carbocycles. The number of nitrogens with zero attached hydrogens (tertiary/aromatic N) is 4. The molecule has 4 heteroatoms. The van der Waals surface area contributed by atoms with Crippen molar-refractivity contribution in [1.29, 1.82) is 0 Å². The zero-order valence-corrected chi connectivity index (χ0v) is 35.6. The Labute approximate surface area is 372 Å². The molecule has 11 aromatic rings. The molecule has 0 radical (unpaired) electrons. The van der Waals surface area contributed by atoms with Crippen molar-refractivity contribution in [1.82, 2.24) is 19.5 Å². The van der Waals surface area contributed by atoms with Crippen LogP contribution in [0.15, 0.2) is 218 Å². The summed E-state index contributed by atoms with van der Waals surface area (Å²) in [6.45, 7) is 4.74. The first-order valence-electron chi connectivity index (χ1n) is 21.9. The largest absolute Gasteiger partial charge is 0.309 e. The van der Waals surface area contributed by atoms with Gasteiger partial charge in [-0.3, -0.25) is 0 Å². The van der Waals surface area contributed by atoms with Crippen LogP contribution in [0.5, 0.6) is 0 Å². The van der Waals surface area contributed by atoms with Gasteiger partial charge in [-0.15, -0.1) is 0 Å². The predicted molar refractivity (Wildman–Crippen MR) is 264 cm³/mol. The second kappa shape index (κ2) is 15.0. The molecule has 1 aliphatic carbocycles. The number of para-hydroxylation sites is 1. The van der Waals surface area contributed by atoms with Gasteiger partial charge >= 0.3 is 0 Å². The van der Waals surface area contributed by atoms with Gasteiger partial charge in [0.15, 0.2) is 17.5 Å². The SMILES string of the molecule is CC1(C)c2ccccc2-c2cccc(-c3ccc4c(c3)c3cc(-c5cc(-c6ccccc6)cc(-c6nc(-c7ccccc7)nc(-c7ccccc7)n6)c5)ccc3n4-c3ccccc3)c21. The van der Waals surface area contributed by atoms with Crippen LogP contribution in [-0.4, -0.2) is 19.5 Å². The number of rotatable bonds is 7. The van der Waals surface area contributed by atoms with Gasteiger partial charge in [0.2, 0.25) is 0 Å².